The van der Waals surface area contributed by atoms with Crippen molar-refractivity contribution in [3.05, 3.63) is 44.8 Å². The topological polar surface area (TPSA) is 32.9 Å². The molecule has 0 fully saturated rings. The van der Waals surface area contributed by atoms with Crippen molar-refractivity contribution in [3.63, 3.8) is 0 Å². The van der Waals surface area contributed by atoms with Crippen molar-refractivity contribution < 1.29 is 4.79 Å². The molecule has 0 saturated carbocycles. The van der Waals surface area contributed by atoms with Crippen molar-refractivity contribution in [2.24, 2.45) is 0 Å². The summed E-state index contributed by atoms with van der Waals surface area (Å²) in [5.74, 6) is 0.0260. The van der Waals surface area contributed by atoms with Crippen LogP contribution in [0.4, 0.5) is 0 Å². The number of carbonyl (C=O) groups is 1. The highest BCUT2D eigenvalue weighted by Gasteiger charge is 2.13. The highest BCUT2D eigenvalue weighted by atomic mass is 79.9. The molecule has 0 aliphatic rings. The number of H-pyrrole nitrogens is 1. The highest BCUT2D eigenvalue weighted by Crippen LogP contribution is 2.25. The molecule has 1 N–H and O–H groups in total. The molecule has 0 atom stereocenters. The lowest BCUT2D eigenvalue weighted by Crippen LogP contribution is -1.99. The molecule has 0 aliphatic heterocycles. The lowest BCUT2D eigenvalue weighted by molar-refractivity contribution is 0.103. The predicted molar refractivity (Wildman–Crippen MR) is 56.2 cm³/mol. The Morgan fingerprint density at radius 1 is 1.46 bits per heavy atom. The van der Waals surface area contributed by atoms with Crippen LogP contribution in [0.2, 0.25) is 0 Å². The molecule has 2 heterocycles. The lowest BCUT2D eigenvalue weighted by Gasteiger charge is -1.94. The van der Waals surface area contributed by atoms with Crippen molar-refractivity contribution in [1.29, 1.82) is 0 Å². The third kappa shape index (κ3) is 1.59. The minimum absolute atomic E-state index is 0.0260. The Morgan fingerprint density at radius 3 is 2.85 bits per heavy atom. The van der Waals surface area contributed by atoms with Gasteiger partial charge in [-0.3, -0.25) is 4.79 Å². The van der Waals surface area contributed by atoms with Gasteiger partial charge in [0, 0.05) is 11.8 Å². The van der Waals surface area contributed by atoms with Crippen molar-refractivity contribution >= 4 is 33.0 Å². The fourth-order valence-corrected chi connectivity index (χ4v) is 2.32. The fourth-order valence-electron chi connectivity index (χ4n) is 1.07. The van der Waals surface area contributed by atoms with E-state index in [2.05, 4.69) is 20.9 Å². The summed E-state index contributed by atoms with van der Waals surface area (Å²) in [5.41, 5.74) is 1.34. The zero-order valence-electron chi connectivity index (χ0n) is 6.58. The molecule has 0 aromatic carbocycles. The Kier molecular flexibility index (Phi) is 2.33. The summed E-state index contributed by atoms with van der Waals surface area (Å²) >= 11 is 4.85. The Bertz CT molecular complexity index is 419. The normalized spacial score (nSPS) is 10.2. The van der Waals surface area contributed by atoms with Crippen molar-refractivity contribution in [2.45, 2.75) is 0 Å². The maximum absolute atomic E-state index is 11.7. The van der Waals surface area contributed by atoms with E-state index in [1.807, 2.05) is 17.5 Å². The molecular weight excluding hydrogens is 250 g/mol. The summed E-state index contributed by atoms with van der Waals surface area (Å²) in [5, 5.41) is 1.89. The number of nitrogens with one attached hydrogen (secondary N) is 1. The second-order valence-electron chi connectivity index (χ2n) is 2.52. The minimum atomic E-state index is 0.0260. The largest absolute Gasteiger partial charge is 0.359 e. The van der Waals surface area contributed by atoms with Crippen LogP contribution in [0.25, 0.3) is 0 Å². The van der Waals surface area contributed by atoms with Gasteiger partial charge in [0.2, 0.25) is 5.78 Å². The van der Waals surface area contributed by atoms with Crippen LogP contribution in [0.15, 0.2) is 33.6 Å². The Hall–Kier alpha value is -0.870. The predicted octanol–water partition coefficient (Wildman–Crippen LogP) is 3.07. The first-order chi connectivity index (χ1) is 6.29. The molecule has 66 valence electrons. The van der Waals surface area contributed by atoms with E-state index < -0.39 is 0 Å². The first-order valence-corrected chi connectivity index (χ1v) is 5.37. The van der Waals surface area contributed by atoms with Gasteiger partial charge in [-0.05, 0) is 39.5 Å². The SMILES string of the molecule is O=C(c1ccc[nH]1)c1ccsc1Br. The number of rotatable bonds is 2. The van der Waals surface area contributed by atoms with Gasteiger partial charge >= 0.3 is 0 Å². The average molecular weight is 256 g/mol. The van der Waals surface area contributed by atoms with E-state index in [0.29, 0.717) is 11.3 Å². The van der Waals surface area contributed by atoms with E-state index in [9.17, 15) is 4.79 Å². The van der Waals surface area contributed by atoms with E-state index in [1.54, 1.807) is 12.3 Å². The maximum atomic E-state index is 11.7. The van der Waals surface area contributed by atoms with Gasteiger partial charge in [0.1, 0.15) is 0 Å². The lowest BCUT2D eigenvalue weighted by atomic mass is 10.2. The van der Waals surface area contributed by atoms with Gasteiger partial charge in [0.05, 0.1) is 9.48 Å². The van der Waals surface area contributed by atoms with Crippen LogP contribution in [0.5, 0.6) is 0 Å². The number of hydrogen-bond donors (Lipinski definition) is 1. The number of carbonyl (C=O) groups excluding carboxylic acids is 1. The van der Waals surface area contributed by atoms with Crippen LogP contribution in [0.1, 0.15) is 16.1 Å². The van der Waals surface area contributed by atoms with Crippen molar-refractivity contribution in [1.82, 2.24) is 4.98 Å². The number of thiophene rings is 1. The first kappa shape index (κ1) is 8.72. The molecule has 2 nitrogen and oxygen atoms in total. The summed E-state index contributed by atoms with van der Waals surface area (Å²) in [6, 6.07) is 5.40. The highest BCUT2D eigenvalue weighted by molar-refractivity contribution is 9.11. The van der Waals surface area contributed by atoms with E-state index in [0.717, 1.165) is 3.79 Å². The second kappa shape index (κ2) is 3.47. The molecule has 0 saturated heterocycles. The molecule has 2 aromatic rings. The Labute approximate surface area is 87.7 Å². The maximum Gasteiger partial charge on any atom is 0.211 e. The van der Waals surface area contributed by atoms with Crippen LogP contribution in [0, 0.1) is 0 Å². The number of ketones is 1. The summed E-state index contributed by atoms with van der Waals surface area (Å²) in [6.07, 6.45) is 1.74. The van der Waals surface area contributed by atoms with E-state index in [4.69, 9.17) is 0 Å². The van der Waals surface area contributed by atoms with Gasteiger partial charge in [0.15, 0.2) is 0 Å². The summed E-state index contributed by atoms with van der Waals surface area (Å²) < 4.78 is 0.882. The van der Waals surface area contributed by atoms with Gasteiger partial charge in [-0.25, -0.2) is 0 Å². The van der Waals surface area contributed by atoms with Gasteiger partial charge in [0.25, 0.3) is 0 Å². The first-order valence-electron chi connectivity index (χ1n) is 3.70. The number of halogens is 1. The zero-order valence-corrected chi connectivity index (χ0v) is 8.98. The van der Waals surface area contributed by atoms with Crippen LogP contribution >= 0.6 is 27.3 Å². The van der Waals surface area contributed by atoms with Crippen LogP contribution < -0.4 is 0 Å². The molecule has 0 spiro atoms. The molecule has 0 amide bonds. The van der Waals surface area contributed by atoms with Crippen LogP contribution in [-0.2, 0) is 0 Å². The second-order valence-corrected chi connectivity index (χ2v) is 4.75. The van der Waals surface area contributed by atoms with Crippen LogP contribution in [-0.4, -0.2) is 10.8 Å². The van der Waals surface area contributed by atoms with Gasteiger partial charge in [-0.2, -0.15) is 0 Å². The smallest absolute Gasteiger partial charge is 0.211 e. The molecule has 0 radical (unpaired) electrons. The van der Waals surface area contributed by atoms with Crippen LogP contribution in [0.3, 0.4) is 0 Å². The third-order valence-corrected chi connectivity index (χ3v) is 3.39. The Morgan fingerprint density at radius 2 is 2.31 bits per heavy atom. The monoisotopic (exact) mass is 255 g/mol. The molecule has 0 bridgehead atoms. The number of aromatic nitrogens is 1. The summed E-state index contributed by atoms with van der Waals surface area (Å²) in [7, 11) is 0. The molecule has 13 heavy (non-hydrogen) atoms. The standard InChI is InChI=1S/C9H6BrNOS/c10-9-6(3-5-13-9)8(12)7-2-1-4-11-7/h1-5,11H. The quantitative estimate of drug-likeness (QED) is 0.823. The van der Waals surface area contributed by atoms with E-state index in [1.165, 1.54) is 11.3 Å². The van der Waals surface area contributed by atoms with E-state index >= 15 is 0 Å². The van der Waals surface area contributed by atoms with Gasteiger partial charge in [-0.15, -0.1) is 11.3 Å². The third-order valence-electron chi connectivity index (χ3n) is 1.71. The van der Waals surface area contributed by atoms with E-state index in [-0.39, 0.29) is 5.78 Å². The zero-order chi connectivity index (χ0) is 9.26. The van der Waals surface area contributed by atoms with Gasteiger partial charge in [-0.1, -0.05) is 0 Å². The molecule has 2 rings (SSSR count). The Balaban J connectivity index is 2.39. The molecule has 4 heteroatoms. The fraction of sp³-hybridized carbons (Fsp3) is 0. The molecule has 0 unspecified atom stereocenters. The van der Waals surface area contributed by atoms with Gasteiger partial charge < -0.3 is 4.98 Å². The van der Waals surface area contributed by atoms with Crippen molar-refractivity contribution in [2.75, 3.05) is 0 Å². The number of hydrogen-bond acceptors (Lipinski definition) is 2. The van der Waals surface area contributed by atoms with Crippen molar-refractivity contribution in [3.8, 4) is 0 Å². The molecule has 2 aromatic heterocycles. The number of aromatic amines is 1. The minimum Gasteiger partial charge on any atom is -0.359 e. The molecule has 0 aliphatic carbocycles. The molecular formula is C9H6BrNOS. The summed E-state index contributed by atoms with van der Waals surface area (Å²) in [6.45, 7) is 0. The summed E-state index contributed by atoms with van der Waals surface area (Å²) in [4.78, 5) is 14.6. The average Bonchev–Trinajstić information content (AvgIpc) is 2.72.